The van der Waals surface area contributed by atoms with Gasteiger partial charge in [-0.1, -0.05) is 36.4 Å². The fourth-order valence-corrected chi connectivity index (χ4v) is 3.53. The van der Waals surface area contributed by atoms with Gasteiger partial charge in [-0.3, -0.25) is 4.21 Å². The van der Waals surface area contributed by atoms with Crippen molar-refractivity contribution in [2.45, 2.75) is 18.4 Å². The van der Waals surface area contributed by atoms with E-state index in [4.69, 9.17) is 4.42 Å². The topological polar surface area (TPSA) is 79.5 Å². The maximum Gasteiger partial charge on any atom is 0.226 e. The second kappa shape index (κ2) is 10.4. The SMILES string of the molecule is CCNC(=NCc1coc(-c2ccccc2)n1)NCCS(=O)c1ccccc1. The summed E-state index contributed by atoms with van der Waals surface area (Å²) < 4.78 is 17.8. The van der Waals surface area contributed by atoms with Crippen LogP contribution in [0.5, 0.6) is 0 Å². The average Bonchev–Trinajstić information content (AvgIpc) is 3.22. The number of rotatable bonds is 8. The molecule has 0 bridgehead atoms. The first-order chi connectivity index (χ1) is 13.8. The highest BCUT2D eigenvalue weighted by Crippen LogP contribution is 2.18. The second-order valence-corrected chi connectivity index (χ2v) is 7.57. The van der Waals surface area contributed by atoms with Crippen molar-refractivity contribution in [1.29, 1.82) is 0 Å². The van der Waals surface area contributed by atoms with Crippen LogP contribution in [-0.4, -0.2) is 34.0 Å². The molecule has 146 valence electrons. The predicted molar refractivity (Wildman–Crippen MR) is 112 cm³/mol. The summed E-state index contributed by atoms with van der Waals surface area (Å²) in [5, 5.41) is 6.40. The molecule has 1 unspecified atom stereocenters. The van der Waals surface area contributed by atoms with Crippen LogP contribution in [0.1, 0.15) is 12.6 Å². The van der Waals surface area contributed by atoms with E-state index in [1.807, 2.05) is 67.6 Å². The minimum absolute atomic E-state index is 0.396. The molecule has 1 heterocycles. The molecule has 0 spiro atoms. The van der Waals surface area contributed by atoms with Crippen molar-refractivity contribution in [2.75, 3.05) is 18.8 Å². The van der Waals surface area contributed by atoms with Crippen molar-refractivity contribution in [2.24, 2.45) is 4.99 Å². The highest BCUT2D eigenvalue weighted by atomic mass is 32.2. The summed E-state index contributed by atoms with van der Waals surface area (Å²) in [4.78, 5) is 9.85. The molecule has 28 heavy (non-hydrogen) atoms. The lowest BCUT2D eigenvalue weighted by Crippen LogP contribution is -2.39. The molecule has 0 aliphatic rings. The van der Waals surface area contributed by atoms with E-state index in [1.54, 1.807) is 6.26 Å². The third-order valence-electron chi connectivity index (χ3n) is 3.90. The van der Waals surface area contributed by atoms with Crippen LogP contribution in [0.3, 0.4) is 0 Å². The number of aliphatic imine (C=N–C) groups is 1. The Morgan fingerprint density at radius 1 is 1.07 bits per heavy atom. The molecule has 0 aliphatic heterocycles. The van der Waals surface area contributed by atoms with E-state index < -0.39 is 10.8 Å². The van der Waals surface area contributed by atoms with Gasteiger partial charge in [-0.15, -0.1) is 0 Å². The molecule has 0 amide bonds. The van der Waals surface area contributed by atoms with Gasteiger partial charge in [0.2, 0.25) is 5.89 Å². The van der Waals surface area contributed by atoms with Crippen LogP contribution >= 0.6 is 0 Å². The minimum atomic E-state index is -1.03. The Bertz CT molecular complexity index is 910. The summed E-state index contributed by atoms with van der Waals surface area (Å²) in [6, 6.07) is 19.2. The summed E-state index contributed by atoms with van der Waals surface area (Å²) in [6.07, 6.45) is 1.62. The van der Waals surface area contributed by atoms with Crippen LogP contribution in [0.2, 0.25) is 0 Å². The van der Waals surface area contributed by atoms with E-state index >= 15 is 0 Å². The lowest BCUT2D eigenvalue weighted by atomic mass is 10.2. The molecule has 1 aromatic heterocycles. The van der Waals surface area contributed by atoms with Crippen molar-refractivity contribution in [1.82, 2.24) is 15.6 Å². The molecule has 0 aliphatic carbocycles. The number of aromatic nitrogens is 1. The number of benzene rings is 2. The number of hydrogen-bond acceptors (Lipinski definition) is 4. The maximum absolute atomic E-state index is 12.3. The summed E-state index contributed by atoms with van der Waals surface area (Å²) in [5.41, 5.74) is 1.69. The molecular formula is C21H24N4O2S. The molecule has 0 saturated carbocycles. The average molecular weight is 397 g/mol. The molecule has 3 aromatic rings. The molecule has 2 N–H and O–H groups in total. The van der Waals surface area contributed by atoms with Gasteiger partial charge in [-0.25, -0.2) is 9.98 Å². The molecule has 0 saturated heterocycles. The van der Waals surface area contributed by atoms with Gasteiger partial charge in [0.05, 0.1) is 17.3 Å². The van der Waals surface area contributed by atoms with Gasteiger partial charge in [-0.2, -0.15) is 0 Å². The first-order valence-electron chi connectivity index (χ1n) is 9.21. The molecular weight excluding hydrogens is 372 g/mol. The summed E-state index contributed by atoms with van der Waals surface area (Å²) in [7, 11) is -1.03. The molecule has 3 rings (SSSR count). The van der Waals surface area contributed by atoms with E-state index in [0.29, 0.717) is 30.7 Å². The van der Waals surface area contributed by atoms with Gasteiger partial charge in [0.1, 0.15) is 12.0 Å². The highest BCUT2D eigenvalue weighted by molar-refractivity contribution is 7.85. The fourth-order valence-electron chi connectivity index (χ4n) is 2.55. The van der Waals surface area contributed by atoms with Crippen LogP contribution in [0.15, 0.2) is 81.2 Å². The Kier molecular flexibility index (Phi) is 7.37. The molecule has 6 nitrogen and oxygen atoms in total. The normalized spacial score (nSPS) is 12.5. The second-order valence-electron chi connectivity index (χ2n) is 5.99. The lowest BCUT2D eigenvalue weighted by molar-refractivity contribution is 0.572. The first kappa shape index (κ1) is 19.8. The molecule has 1 atom stereocenters. The Hall–Kier alpha value is -2.93. The molecule has 0 fully saturated rings. The number of hydrogen-bond donors (Lipinski definition) is 2. The van der Waals surface area contributed by atoms with Crippen LogP contribution < -0.4 is 10.6 Å². The standard InChI is InChI=1S/C21H24N4O2S/c1-2-22-21(23-13-14-28(26)19-11-7-4-8-12-19)24-15-18-16-27-20(25-18)17-9-5-3-6-10-17/h3-12,16H,2,13-15H2,1H3,(H2,22,23,24). The van der Waals surface area contributed by atoms with Gasteiger partial charge in [-0.05, 0) is 31.2 Å². The molecule has 0 radical (unpaired) electrons. The van der Waals surface area contributed by atoms with E-state index in [-0.39, 0.29) is 0 Å². The van der Waals surface area contributed by atoms with Gasteiger partial charge in [0.25, 0.3) is 0 Å². The monoisotopic (exact) mass is 396 g/mol. The van der Waals surface area contributed by atoms with Gasteiger partial charge < -0.3 is 15.1 Å². The van der Waals surface area contributed by atoms with Gasteiger partial charge >= 0.3 is 0 Å². The van der Waals surface area contributed by atoms with Crippen molar-refractivity contribution in [3.8, 4) is 11.5 Å². The smallest absolute Gasteiger partial charge is 0.226 e. The van der Waals surface area contributed by atoms with Crippen LogP contribution in [0, 0.1) is 0 Å². The summed E-state index contributed by atoms with van der Waals surface area (Å²) in [6.45, 7) is 3.69. The summed E-state index contributed by atoms with van der Waals surface area (Å²) >= 11 is 0. The largest absolute Gasteiger partial charge is 0.444 e. The van der Waals surface area contributed by atoms with Crippen molar-refractivity contribution in [3.05, 3.63) is 72.6 Å². The molecule has 7 heteroatoms. The highest BCUT2D eigenvalue weighted by Gasteiger charge is 2.07. The third-order valence-corrected chi connectivity index (χ3v) is 5.27. The van der Waals surface area contributed by atoms with E-state index in [2.05, 4.69) is 20.6 Å². The Morgan fingerprint density at radius 3 is 2.50 bits per heavy atom. The fraction of sp³-hybridized carbons (Fsp3) is 0.238. The van der Waals surface area contributed by atoms with Crippen LogP contribution in [0.4, 0.5) is 0 Å². The maximum atomic E-state index is 12.3. The van der Waals surface area contributed by atoms with Crippen LogP contribution in [-0.2, 0) is 17.3 Å². The predicted octanol–water partition coefficient (Wildman–Crippen LogP) is 3.20. The summed E-state index contributed by atoms with van der Waals surface area (Å²) in [5.74, 6) is 1.76. The number of nitrogens with one attached hydrogen (secondary N) is 2. The number of nitrogens with zero attached hydrogens (tertiary/aromatic N) is 2. The van der Waals surface area contributed by atoms with Crippen molar-refractivity contribution < 1.29 is 8.63 Å². The van der Waals surface area contributed by atoms with Crippen LogP contribution in [0.25, 0.3) is 11.5 Å². The zero-order valence-corrected chi connectivity index (χ0v) is 16.6. The van der Waals surface area contributed by atoms with Gasteiger partial charge in [0.15, 0.2) is 5.96 Å². The minimum Gasteiger partial charge on any atom is -0.444 e. The van der Waals surface area contributed by atoms with Crippen molar-refractivity contribution >= 4 is 16.8 Å². The Morgan fingerprint density at radius 2 is 1.79 bits per heavy atom. The Balaban J connectivity index is 1.54. The number of guanidine groups is 1. The van der Waals surface area contributed by atoms with E-state index in [9.17, 15) is 4.21 Å². The first-order valence-corrected chi connectivity index (χ1v) is 10.5. The van der Waals surface area contributed by atoms with Gasteiger partial charge in [0, 0.05) is 29.3 Å². The Labute approximate surface area is 167 Å². The van der Waals surface area contributed by atoms with E-state index in [1.165, 1.54) is 0 Å². The zero-order valence-electron chi connectivity index (χ0n) is 15.8. The van der Waals surface area contributed by atoms with E-state index in [0.717, 1.165) is 22.7 Å². The van der Waals surface area contributed by atoms with Crippen molar-refractivity contribution in [3.63, 3.8) is 0 Å². The zero-order chi connectivity index (χ0) is 19.6. The molecule has 2 aromatic carbocycles. The number of oxazole rings is 1. The third kappa shape index (κ3) is 5.79. The lowest BCUT2D eigenvalue weighted by Gasteiger charge is -2.10. The quantitative estimate of drug-likeness (QED) is 0.451.